The summed E-state index contributed by atoms with van der Waals surface area (Å²) in [5, 5.41) is 16.8. The topological polar surface area (TPSA) is 118 Å². The minimum atomic E-state index is -1.94. The molecule has 90 valence electrons. The highest BCUT2D eigenvalue weighted by molar-refractivity contribution is 7.25. The van der Waals surface area contributed by atoms with Crippen LogP contribution in [0.2, 0.25) is 0 Å². The van der Waals surface area contributed by atoms with E-state index >= 15 is 0 Å². The fraction of sp³-hybridized carbons (Fsp3) is 0.556. The summed E-state index contributed by atoms with van der Waals surface area (Å²) >= 11 is 0. The Morgan fingerprint density at radius 3 is 2.44 bits per heavy atom. The number of hydrogen-bond donors (Lipinski definition) is 3. The van der Waals surface area contributed by atoms with Crippen molar-refractivity contribution in [3.63, 3.8) is 0 Å². The summed E-state index contributed by atoms with van der Waals surface area (Å²) < 4.78 is 10.8. The van der Waals surface area contributed by atoms with Crippen molar-refractivity contribution in [3.8, 4) is 0 Å². The zero-order chi connectivity index (χ0) is 12.8. The van der Waals surface area contributed by atoms with E-state index in [-0.39, 0.29) is 19.3 Å². The van der Waals surface area contributed by atoms with E-state index in [9.17, 15) is 19.3 Å². The van der Waals surface area contributed by atoms with Crippen LogP contribution in [0.5, 0.6) is 0 Å². The van der Waals surface area contributed by atoms with Crippen LogP contribution in [-0.4, -0.2) is 27.4 Å². The summed E-state index contributed by atoms with van der Waals surface area (Å²) in [5.74, 6) is -3.32. The number of nitrogens with two attached hydrogens (primary N) is 1. The minimum absolute atomic E-state index is 0.145. The van der Waals surface area contributed by atoms with Gasteiger partial charge in [-0.1, -0.05) is 6.08 Å². The van der Waals surface area contributed by atoms with E-state index in [2.05, 4.69) is 6.58 Å². The van der Waals surface area contributed by atoms with Gasteiger partial charge in [-0.2, -0.15) is 0 Å². The highest BCUT2D eigenvalue weighted by Crippen LogP contribution is 2.35. The summed E-state index contributed by atoms with van der Waals surface area (Å²) in [6, 6.07) is 0. The van der Waals surface area contributed by atoms with Crippen molar-refractivity contribution in [1.82, 2.24) is 0 Å². The quantitative estimate of drug-likeness (QED) is 0.426. The molecule has 0 saturated carbocycles. The van der Waals surface area contributed by atoms with Gasteiger partial charge in [0.15, 0.2) is 13.8 Å². The molecule has 0 heterocycles. The standard InChI is InChI=1S/C9H14NO5P/c1-2-5-9(14,16-15)6(8(12)13)3-4-7(10)11/h2,6,14H,1,3-5H2,(H2,10,11)(H,12,13). The number of carboxylic acid groups (broad SMARTS) is 1. The molecule has 2 unspecified atom stereocenters. The van der Waals surface area contributed by atoms with Gasteiger partial charge in [0, 0.05) is 12.8 Å². The number of hydrogen-bond acceptors (Lipinski definition) is 4. The maximum atomic E-state index is 10.9. The molecular weight excluding hydrogens is 233 g/mol. The molecule has 0 aliphatic carbocycles. The lowest BCUT2D eigenvalue weighted by atomic mass is 9.93. The van der Waals surface area contributed by atoms with Gasteiger partial charge in [0.1, 0.15) is 0 Å². The third-order valence-electron chi connectivity index (χ3n) is 2.14. The lowest BCUT2D eigenvalue weighted by Crippen LogP contribution is -2.37. The first-order chi connectivity index (χ1) is 7.37. The number of aliphatic carboxylic acids is 1. The Labute approximate surface area is 94.3 Å². The molecule has 6 nitrogen and oxygen atoms in total. The van der Waals surface area contributed by atoms with E-state index in [1.165, 1.54) is 6.08 Å². The molecule has 0 fully saturated rings. The summed E-state index contributed by atoms with van der Waals surface area (Å²) in [5.41, 5.74) is 4.89. The first-order valence-electron chi connectivity index (χ1n) is 4.56. The van der Waals surface area contributed by atoms with E-state index in [4.69, 9.17) is 10.8 Å². The van der Waals surface area contributed by atoms with Crippen LogP contribution in [0.4, 0.5) is 0 Å². The van der Waals surface area contributed by atoms with E-state index in [1.807, 2.05) is 0 Å². The van der Waals surface area contributed by atoms with Crippen molar-refractivity contribution in [3.05, 3.63) is 12.7 Å². The smallest absolute Gasteiger partial charge is 0.310 e. The van der Waals surface area contributed by atoms with Gasteiger partial charge < -0.3 is 15.9 Å². The van der Waals surface area contributed by atoms with E-state index in [0.29, 0.717) is 0 Å². The van der Waals surface area contributed by atoms with Crippen LogP contribution >= 0.6 is 8.46 Å². The molecule has 0 aromatic rings. The lowest BCUT2D eigenvalue weighted by Gasteiger charge is -2.25. The van der Waals surface area contributed by atoms with Crippen molar-refractivity contribution in [2.24, 2.45) is 11.7 Å². The molecule has 0 aliphatic rings. The highest BCUT2D eigenvalue weighted by atomic mass is 31.1. The molecule has 0 aliphatic heterocycles. The van der Waals surface area contributed by atoms with Gasteiger partial charge in [-0.15, -0.1) is 6.58 Å². The fourth-order valence-corrected chi connectivity index (χ4v) is 1.86. The molecular formula is C9H14NO5P. The first-order valence-corrected chi connectivity index (χ1v) is 5.37. The van der Waals surface area contributed by atoms with Crippen LogP contribution in [0, 0.1) is 5.92 Å². The maximum absolute atomic E-state index is 10.9. The van der Waals surface area contributed by atoms with Crippen LogP contribution in [0.1, 0.15) is 19.3 Å². The van der Waals surface area contributed by atoms with Crippen LogP contribution in [0.3, 0.4) is 0 Å². The van der Waals surface area contributed by atoms with Gasteiger partial charge in [-0.3, -0.25) is 14.2 Å². The molecule has 0 rings (SSSR count). The Hall–Kier alpha value is -1.26. The van der Waals surface area contributed by atoms with Crippen molar-refractivity contribution in [2.75, 3.05) is 0 Å². The van der Waals surface area contributed by atoms with Crippen LogP contribution < -0.4 is 5.73 Å². The summed E-state index contributed by atoms with van der Waals surface area (Å²) in [7, 11) is -0.714. The molecule has 0 aromatic carbocycles. The fourth-order valence-electron chi connectivity index (χ4n) is 1.29. The van der Waals surface area contributed by atoms with Gasteiger partial charge >= 0.3 is 5.97 Å². The maximum Gasteiger partial charge on any atom is 0.310 e. The SMILES string of the molecule is C=CCC(O)(P=O)C(CCC(N)=O)C(=O)O. The van der Waals surface area contributed by atoms with Gasteiger partial charge in [0.05, 0.1) is 5.92 Å². The third kappa shape index (κ3) is 4.08. The molecule has 1 amide bonds. The van der Waals surface area contributed by atoms with Crippen LogP contribution in [-0.2, 0) is 14.2 Å². The normalized spacial score (nSPS) is 16.3. The Morgan fingerprint density at radius 2 is 2.12 bits per heavy atom. The highest BCUT2D eigenvalue weighted by Gasteiger charge is 2.41. The molecule has 4 N–H and O–H groups in total. The van der Waals surface area contributed by atoms with E-state index < -0.39 is 31.6 Å². The van der Waals surface area contributed by atoms with Crippen molar-refractivity contribution < 1.29 is 24.4 Å². The third-order valence-corrected chi connectivity index (χ3v) is 2.95. The summed E-state index contributed by atoms with van der Waals surface area (Å²) in [4.78, 5) is 21.4. The van der Waals surface area contributed by atoms with Crippen molar-refractivity contribution in [1.29, 1.82) is 0 Å². The van der Waals surface area contributed by atoms with Gasteiger partial charge in [0.2, 0.25) is 5.91 Å². The number of carbonyl (C=O) groups is 2. The average molecular weight is 247 g/mol. The molecule has 0 bridgehead atoms. The molecule has 0 spiro atoms. The Bertz CT molecular complexity index is 306. The largest absolute Gasteiger partial charge is 0.481 e. The monoisotopic (exact) mass is 247 g/mol. The number of carbonyl (C=O) groups excluding carboxylic acids is 1. The second kappa shape index (κ2) is 6.35. The number of carboxylic acids is 1. The summed E-state index contributed by atoms with van der Waals surface area (Å²) in [6.45, 7) is 3.34. The molecule has 0 radical (unpaired) electrons. The molecule has 16 heavy (non-hydrogen) atoms. The first kappa shape index (κ1) is 14.7. The van der Waals surface area contributed by atoms with Crippen molar-refractivity contribution >= 4 is 20.3 Å². The number of rotatable bonds is 8. The lowest BCUT2D eigenvalue weighted by molar-refractivity contribution is -0.147. The zero-order valence-electron chi connectivity index (χ0n) is 8.63. The Balaban J connectivity index is 4.85. The molecule has 0 aromatic heterocycles. The average Bonchev–Trinajstić information content (AvgIpc) is 2.17. The number of aliphatic hydroxyl groups is 1. The zero-order valence-corrected chi connectivity index (χ0v) is 9.52. The van der Waals surface area contributed by atoms with Gasteiger partial charge in [-0.25, -0.2) is 0 Å². The van der Waals surface area contributed by atoms with Crippen LogP contribution in [0.15, 0.2) is 12.7 Å². The number of amides is 1. The number of primary amides is 1. The predicted molar refractivity (Wildman–Crippen MR) is 56.9 cm³/mol. The Morgan fingerprint density at radius 1 is 1.56 bits per heavy atom. The van der Waals surface area contributed by atoms with Gasteiger partial charge in [-0.05, 0) is 6.42 Å². The molecule has 0 saturated heterocycles. The second-order valence-electron chi connectivity index (χ2n) is 3.36. The predicted octanol–water partition coefficient (Wildman–Crippen LogP) is 0.509. The second-order valence-corrected chi connectivity index (χ2v) is 4.32. The summed E-state index contributed by atoms with van der Waals surface area (Å²) in [6.07, 6.45) is 0.773. The van der Waals surface area contributed by atoms with E-state index in [0.717, 1.165) is 0 Å². The van der Waals surface area contributed by atoms with Crippen LogP contribution in [0.25, 0.3) is 0 Å². The van der Waals surface area contributed by atoms with Crippen molar-refractivity contribution in [2.45, 2.75) is 24.6 Å². The molecule has 7 heteroatoms. The van der Waals surface area contributed by atoms with Gasteiger partial charge in [0.25, 0.3) is 0 Å². The molecule has 2 atom stereocenters. The van der Waals surface area contributed by atoms with E-state index in [1.54, 1.807) is 0 Å². The minimum Gasteiger partial charge on any atom is -0.481 e. The Kier molecular flexibility index (Phi) is 5.85.